The highest BCUT2D eigenvalue weighted by atomic mass is 16.1. The van der Waals surface area contributed by atoms with Crippen LogP contribution in [0.3, 0.4) is 0 Å². The van der Waals surface area contributed by atoms with Crippen molar-refractivity contribution in [1.29, 1.82) is 0 Å². The molecule has 1 aromatic carbocycles. The fraction of sp³-hybridized carbons (Fsp3) is 0.143. The monoisotopic (exact) mass is 256 g/mol. The number of nitrogens with two attached hydrogens (primary N) is 2. The number of rotatable bonds is 3. The topological polar surface area (TPSA) is 85.2 Å². The Morgan fingerprint density at radius 2 is 1.89 bits per heavy atom. The Kier molecular flexibility index (Phi) is 3.37. The van der Waals surface area contributed by atoms with Crippen LogP contribution in [-0.2, 0) is 0 Å². The molecule has 2 aromatic rings. The van der Waals surface area contributed by atoms with Crippen LogP contribution in [0.1, 0.15) is 15.9 Å². The van der Waals surface area contributed by atoms with Gasteiger partial charge in [-0.2, -0.15) is 0 Å². The van der Waals surface area contributed by atoms with Gasteiger partial charge in [0, 0.05) is 12.7 Å². The molecular weight excluding hydrogens is 240 g/mol. The van der Waals surface area contributed by atoms with Gasteiger partial charge >= 0.3 is 0 Å². The first-order chi connectivity index (χ1) is 8.99. The second kappa shape index (κ2) is 4.97. The average molecular weight is 256 g/mol. The maximum atomic E-state index is 11.5. The van der Waals surface area contributed by atoms with Gasteiger partial charge in [0.2, 0.25) is 0 Å². The summed E-state index contributed by atoms with van der Waals surface area (Å²) in [5, 5.41) is 0. The molecule has 0 saturated heterocycles. The first-order valence-electron chi connectivity index (χ1n) is 5.85. The summed E-state index contributed by atoms with van der Waals surface area (Å²) in [5.74, 6) is -0.0562. The van der Waals surface area contributed by atoms with Gasteiger partial charge in [0.1, 0.15) is 5.82 Å². The van der Waals surface area contributed by atoms with Crippen LogP contribution in [-0.4, -0.2) is 17.9 Å². The Balaban J connectivity index is 2.46. The lowest BCUT2D eigenvalue weighted by Crippen LogP contribution is -2.20. The SMILES string of the molecule is Cc1ccc(N(C)c2ncc(N)cc2C(N)=O)cc1. The number of aryl methyl sites for hydroxylation is 1. The van der Waals surface area contributed by atoms with E-state index in [1.54, 1.807) is 4.90 Å². The molecule has 0 atom stereocenters. The number of carbonyl (C=O) groups excluding carboxylic acids is 1. The van der Waals surface area contributed by atoms with Gasteiger partial charge in [-0.15, -0.1) is 0 Å². The minimum Gasteiger partial charge on any atom is -0.397 e. The molecule has 0 spiro atoms. The molecule has 5 nitrogen and oxygen atoms in total. The summed E-state index contributed by atoms with van der Waals surface area (Å²) in [6.07, 6.45) is 1.51. The zero-order valence-electron chi connectivity index (χ0n) is 10.9. The summed E-state index contributed by atoms with van der Waals surface area (Å²) in [6.45, 7) is 2.01. The van der Waals surface area contributed by atoms with Crippen LogP contribution in [0.4, 0.5) is 17.2 Å². The van der Waals surface area contributed by atoms with Gasteiger partial charge in [0.25, 0.3) is 5.91 Å². The van der Waals surface area contributed by atoms with E-state index in [0.717, 1.165) is 11.3 Å². The van der Waals surface area contributed by atoms with Crippen molar-refractivity contribution >= 4 is 23.1 Å². The number of anilines is 3. The number of primary amides is 1. The number of carbonyl (C=O) groups is 1. The molecule has 0 unspecified atom stereocenters. The Bertz CT molecular complexity index is 607. The van der Waals surface area contributed by atoms with Crippen molar-refractivity contribution in [3.63, 3.8) is 0 Å². The van der Waals surface area contributed by atoms with E-state index < -0.39 is 5.91 Å². The van der Waals surface area contributed by atoms with Crippen molar-refractivity contribution in [2.75, 3.05) is 17.7 Å². The van der Waals surface area contributed by atoms with Crippen LogP contribution < -0.4 is 16.4 Å². The van der Waals surface area contributed by atoms with Gasteiger partial charge in [-0.1, -0.05) is 17.7 Å². The third-order valence-corrected chi connectivity index (χ3v) is 2.89. The van der Waals surface area contributed by atoms with E-state index in [1.807, 2.05) is 38.2 Å². The summed E-state index contributed by atoms with van der Waals surface area (Å²) in [5.41, 5.74) is 13.8. The van der Waals surface area contributed by atoms with Crippen molar-refractivity contribution in [2.45, 2.75) is 6.92 Å². The van der Waals surface area contributed by atoms with E-state index in [4.69, 9.17) is 11.5 Å². The molecule has 0 bridgehead atoms. The second-order valence-corrected chi connectivity index (χ2v) is 4.40. The highest BCUT2D eigenvalue weighted by Crippen LogP contribution is 2.26. The minimum absolute atomic E-state index is 0.308. The zero-order valence-corrected chi connectivity index (χ0v) is 10.9. The van der Waals surface area contributed by atoms with Crippen LogP contribution >= 0.6 is 0 Å². The number of amides is 1. The lowest BCUT2D eigenvalue weighted by atomic mass is 10.2. The van der Waals surface area contributed by atoms with Crippen LogP contribution in [0, 0.1) is 6.92 Å². The lowest BCUT2D eigenvalue weighted by Gasteiger charge is -2.20. The predicted molar refractivity (Wildman–Crippen MR) is 76.4 cm³/mol. The van der Waals surface area contributed by atoms with Crippen LogP contribution in [0.15, 0.2) is 36.5 Å². The number of nitrogen functional groups attached to an aromatic ring is 1. The summed E-state index contributed by atoms with van der Waals surface area (Å²) in [7, 11) is 1.83. The van der Waals surface area contributed by atoms with Crippen LogP contribution in [0.2, 0.25) is 0 Å². The highest BCUT2D eigenvalue weighted by Gasteiger charge is 2.15. The van der Waals surface area contributed by atoms with E-state index in [2.05, 4.69) is 4.98 Å². The molecule has 2 rings (SSSR count). The summed E-state index contributed by atoms with van der Waals surface area (Å²) >= 11 is 0. The van der Waals surface area contributed by atoms with Gasteiger partial charge in [-0.05, 0) is 25.1 Å². The summed E-state index contributed by atoms with van der Waals surface area (Å²) < 4.78 is 0. The average Bonchev–Trinajstić information content (AvgIpc) is 2.38. The quantitative estimate of drug-likeness (QED) is 0.877. The molecule has 0 fully saturated rings. The third-order valence-electron chi connectivity index (χ3n) is 2.89. The molecular formula is C14H16N4O. The van der Waals surface area contributed by atoms with E-state index in [1.165, 1.54) is 12.3 Å². The minimum atomic E-state index is -0.547. The molecule has 4 N–H and O–H groups in total. The van der Waals surface area contributed by atoms with Gasteiger partial charge in [-0.25, -0.2) is 4.98 Å². The molecule has 0 radical (unpaired) electrons. The van der Waals surface area contributed by atoms with E-state index in [-0.39, 0.29) is 0 Å². The number of nitrogens with zero attached hydrogens (tertiary/aromatic N) is 2. The molecule has 1 aromatic heterocycles. The molecule has 19 heavy (non-hydrogen) atoms. The predicted octanol–water partition coefficient (Wildman–Crippen LogP) is 1.84. The maximum absolute atomic E-state index is 11.5. The molecule has 0 saturated carbocycles. The van der Waals surface area contributed by atoms with Gasteiger partial charge in [0.15, 0.2) is 0 Å². The summed E-state index contributed by atoms with van der Waals surface area (Å²) in [4.78, 5) is 17.5. The third kappa shape index (κ3) is 2.65. The number of hydrogen-bond acceptors (Lipinski definition) is 4. The standard InChI is InChI=1S/C14H16N4O/c1-9-3-5-11(6-4-9)18(2)14-12(13(16)19)7-10(15)8-17-14/h3-8H,15H2,1-2H3,(H2,16,19). The van der Waals surface area contributed by atoms with E-state index in [0.29, 0.717) is 17.1 Å². The highest BCUT2D eigenvalue weighted by molar-refractivity contribution is 5.99. The molecule has 0 aliphatic rings. The largest absolute Gasteiger partial charge is 0.397 e. The first kappa shape index (κ1) is 12.9. The molecule has 0 aliphatic heterocycles. The van der Waals surface area contributed by atoms with Crippen LogP contribution in [0.25, 0.3) is 0 Å². The van der Waals surface area contributed by atoms with Crippen molar-refractivity contribution < 1.29 is 4.79 Å². The van der Waals surface area contributed by atoms with E-state index >= 15 is 0 Å². The van der Waals surface area contributed by atoms with E-state index in [9.17, 15) is 4.79 Å². The zero-order chi connectivity index (χ0) is 14.0. The second-order valence-electron chi connectivity index (χ2n) is 4.40. The molecule has 1 amide bonds. The Labute approximate surface area is 111 Å². The maximum Gasteiger partial charge on any atom is 0.252 e. The fourth-order valence-electron chi connectivity index (χ4n) is 1.81. The van der Waals surface area contributed by atoms with Crippen LogP contribution in [0.5, 0.6) is 0 Å². The first-order valence-corrected chi connectivity index (χ1v) is 5.85. The molecule has 98 valence electrons. The molecule has 1 heterocycles. The normalized spacial score (nSPS) is 10.2. The number of aromatic nitrogens is 1. The number of benzene rings is 1. The Morgan fingerprint density at radius 1 is 1.26 bits per heavy atom. The number of hydrogen-bond donors (Lipinski definition) is 2. The van der Waals surface area contributed by atoms with Gasteiger partial charge in [0.05, 0.1) is 17.4 Å². The van der Waals surface area contributed by atoms with Gasteiger partial charge in [-0.3, -0.25) is 4.79 Å². The van der Waals surface area contributed by atoms with Crippen molar-refractivity contribution in [2.24, 2.45) is 5.73 Å². The summed E-state index contributed by atoms with van der Waals surface area (Å²) in [6, 6.07) is 9.44. The van der Waals surface area contributed by atoms with Crippen molar-refractivity contribution in [1.82, 2.24) is 4.98 Å². The lowest BCUT2D eigenvalue weighted by molar-refractivity contribution is 0.100. The van der Waals surface area contributed by atoms with Crippen molar-refractivity contribution in [3.8, 4) is 0 Å². The van der Waals surface area contributed by atoms with Gasteiger partial charge < -0.3 is 16.4 Å². The molecule has 0 aliphatic carbocycles. The molecule has 5 heteroatoms. The number of pyridine rings is 1. The Morgan fingerprint density at radius 3 is 2.47 bits per heavy atom. The fourth-order valence-corrected chi connectivity index (χ4v) is 1.81. The van der Waals surface area contributed by atoms with Crippen molar-refractivity contribution in [3.05, 3.63) is 47.7 Å². The smallest absolute Gasteiger partial charge is 0.252 e. The Hall–Kier alpha value is -2.56.